The maximum absolute atomic E-state index is 13.5. The number of aliphatic carboxylic acids is 3. The van der Waals surface area contributed by atoms with Crippen LogP contribution in [0.5, 0.6) is 11.5 Å². The first-order valence-electron chi connectivity index (χ1n) is 29.9. The molecule has 0 bridgehead atoms. The highest BCUT2D eigenvalue weighted by Gasteiger charge is 2.66. The summed E-state index contributed by atoms with van der Waals surface area (Å²) in [7, 11) is 1.40. The molecule has 6 atom stereocenters. The molecular weight excluding hydrogens is 1310 g/mol. The number of allylic oxidation sites excluding steroid dienone is 2. The quantitative estimate of drug-likeness (QED) is 0.0532. The molecule has 14 rings (SSSR count). The van der Waals surface area contributed by atoms with Gasteiger partial charge in [0.2, 0.25) is 5.91 Å². The zero-order chi connectivity index (χ0) is 65.4. The Morgan fingerprint density at radius 2 is 1.17 bits per heavy atom. The van der Waals surface area contributed by atoms with E-state index in [4.69, 9.17) is 24.2 Å². The fourth-order valence-corrected chi connectivity index (χ4v) is 19.3. The summed E-state index contributed by atoms with van der Waals surface area (Å²) in [5.74, 6) is -1.41. The van der Waals surface area contributed by atoms with Crippen molar-refractivity contribution < 1.29 is 63.1 Å². The molecule has 8 heterocycles. The molecule has 5 unspecified atom stereocenters. The molecule has 25 heteroatoms. The molecular formula is C69H58N6O13S6. The number of aliphatic imine (C=N–C) groups is 2. The van der Waals surface area contributed by atoms with Gasteiger partial charge in [0, 0.05) is 66.6 Å². The number of hydrogen-bond donors (Lipinski definition) is 3. The number of benzene rings is 6. The van der Waals surface area contributed by atoms with Crippen molar-refractivity contribution in [3.05, 3.63) is 189 Å². The topological polar surface area (TPSA) is 265 Å². The Morgan fingerprint density at radius 1 is 0.638 bits per heavy atom. The number of carbonyl (C=O) groups is 7. The third-order valence-electron chi connectivity index (χ3n) is 16.5. The first-order chi connectivity index (χ1) is 45.5. The molecule has 478 valence electrons. The second kappa shape index (κ2) is 27.5. The summed E-state index contributed by atoms with van der Waals surface area (Å²) in [4.78, 5) is 109. The minimum absolute atomic E-state index is 0.0396. The Labute approximate surface area is 563 Å². The monoisotopic (exact) mass is 1370 g/mol. The molecule has 19 nitrogen and oxygen atoms in total. The highest BCUT2D eigenvalue weighted by molar-refractivity contribution is 8.15. The number of aromatic nitrogens is 2. The molecule has 0 spiro atoms. The van der Waals surface area contributed by atoms with Gasteiger partial charge in [-0.2, -0.15) is 0 Å². The van der Waals surface area contributed by atoms with E-state index in [-0.39, 0.29) is 73.1 Å². The van der Waals surface area contributed by atoms with Crippen molar-refractivity contribution in [2.24, 2.45) is 15.9 Å². The number of hydrogen-bond acceptors (Lipinski definition) is 20. The fourth-order valence-electron chi connectivity index (χ4n) is 12.0. The number of Topliss-reactive ketones (excluding diaryl/α,β-unsaturated/α-hetero) is 2. The fraction of sp³-hybridized carbons (Fsp3) is 0.261. The summed E-state index contributed by atoms with van der Waals surface area (Å²) in [5, 5.41) is 35.8. The summed E-state index contributed by atoms with van der Waals surface area (Å²) >= 11 is 9.17. The van der Waals surface area contributed by atoms with Gasteiger partial charge in [0.1, 0.15) is 73.1 Å². The molecule has 0 radical (unpaired) electrons. The Bertz CT molecular complexity index is 4620. The van der Waals surface area contributed by atoms with Gasteiger partial charge in [-0.25, -0.2) is 24.4 Å². The SMILES string of the molecule is CO[C@@]1(CC(=O)Cc2ccccc2)C(=O)N2C(C(=O)O)=C(/C=C/COc3ccc4c(ccc5nc(C6=NC(C)CS6)sc54)c3)CSC21.O=C(Cc1ccccc1)CC1C(=O)N2C(C(=O)O)=C(/C=C/COc3ccc4c(ccc5nc(C6=NC(C(=O)O)CS6)sc54)c3)CSC12. The van der Waals surface area contributed by atoms with Gasteiger partial charge in [-0.15, -0.1) is 69.7 Å². The van der Waals surface area contributed by atoms with E-state index in [0.717, 1.165) is 68.9 Å². The van der Waals surface area contributed by atoms with Crippen LogP contribution in [0.1, 0.15) is 40.9 Å². The maximum atomic E-state index is 13.5. The lowest BCUT2D eigenvalue weighted by atomic mass is 9.84. The molecule has 0 aliphatic carbocycles. The average molecular weight is 1370 g/mol. The van der Waals surface area contributed by atoms with Gasteiger partial charge in [-0.1, -0.05) is 84.9 Å². The number of rotatable bonds is 22. The predicted octanol–water partition coefficient (Wildman–Crippen LogP) is 11.5. The molecule has 8 aromatic rings. The van der Waals surface area contributed by atoms with E-state index < -0.39 is 46.7 Å². The van der Waals surface area contributed by atoms with Crippen LogP contribution in [-0.2, 0) is 51.1 Å². The largest absolute Gasteiger partial charge is 0.490 e. The number of β-lactam (4-membered cyclic amide) rings is 2. The van der Waals surface area contributed by atoms with Gasteiger partial charge < -0.3 is 29.5 Å². The van der Waals surface area contributed by atoms with Gasteiger partial charge in [-0.3, -0.25) is 39.0 Å². The van der Waals surface area contributed by atoms with Gasteiger partial charge >= 0.3 is 17.9 Å². The van der Waals surface area contributed by atoms with E-state index in [2.05, 4.69) is 16.9 Å². The molecule has 6 aromatic carbocycles. The van der Waals surface area contributed by atoms with Crippen LogP contribution in [0, 0.1) is 5.92 Å². The molecule has 2 saturated heterocycles. The van der Waals surface area contributed by atoms with E-state index in [9.17, 15) is 48.9 Å². The zero-order valence-electron chi connectivity index (χ0n) is 50.4. The molecule has 3 N–H and O–H groups in total. The Hall–Kier alpha value is -8.43. The summed E-state index contributed by atoms with van der Waals surface area (Å²) < 4.78 is 19.7. The van der Waals surface area contributed by atoms with E-state index in [0.29, 0.717) is 56.0 Å². The van der Waals surface area contributed by atoms with Crippen molar-refractivity contribution >= 4 is 163 Å². The van der Waals surface area contributed by atoms with E-state index in [1.165, 1.54) is 63.5 Å². The van der Waals surface area contributed by atoms with Crippen LogP contribution in [0.3, 0.4) is 0 Å². The second-order valence-electron chi connectivity index (χ2n) is 22.8. The number of ether oxygens (including phenoxy) is 3. The van der Waals surface area contributed by atoms with Crippen LogP contribution < -0.4 is 9.47 Å². The van der Waals surface area contributed by atoms with Crippen LogP contribution in [0.25, 0.3) is 42.0 Å². The number of carboxylic acids is 3. The number of thioether (sulfide) groups is 4. The normalized spacial score (nSPS) is 21.7. The lowest BCUT2D eigenvalue weighted by molar-refractivity contribution is -0.186. The lowest BCUT2D eigenvalue weighted by Gasteiger charge is -2.56. The van der Waals surface area contributed by atoms with Gasteiger partial charge in [0.25, 0.3) is 5.91 Å². The predicted molar refractivity (Wildman–Crippen MR) is 371 cm³/mol. The van der Waals surface area contributed by atoms with Gasteiger partial charge in [0.05, 0.1) is 37.8 Å². The number of amides is 2. The van der Waals surface area contributed by atoms with Crippen molar-refractivity contribution in [3.63, 3.8) is 0 Å². The second-order valence-corrected chi connectivity index (χ2v) is 29.0. The zero-order valence-corrected chi connectivity index (χ0v) is 55.3. The number of carbonyl (C=O) groups excluding carboxylic acids is 4. The number of carboxylic acid groups (broad SMARTS) is 3. The summed E-state index contributed by atoms with van der Waals surface area (Å²) in [6.07, 6.45) is 7.27. The van der Waals surface area contributed by atoms with Crippen molar-refractivity contribution in [1.82, 2.24) is 19.8 Å². The first kappa shape index (κ1) is 64.3. The van der Waals surface area contributed by atoms with Crippen molar-refractivity contribution in [3.8, 4) is 11.5 Å². The van der Waals surface area contributed by atoms with Crippen LogP contribution in [0.2, 0.25) is 0 Å². The van der Waals surface area contributed by atoms with E-state index in [1.54, 1.807) is 47.4 Å². The van der Waals surface area contributed by atoms with Crippen molar-refractivity contribution in [2.45, 2.75) is 61.0 Å². The molecule has 2 fully saturated rings. The highest BCUT2D eigenvalue weighted by Crippen LogP contribution is 2.50. The van der Waals surface area contributed by atoms with E-state index >= 15 is 0 Å². The molecule has 94 heavy (non-hydrogen) atoms. The van der Waals surface area contributed by atoms with Crippen molar-refractivity contribution in [2.75, 3.05) is 43.3 Å². The Balaban J connectivity index is 0.000000171. The Kier molecular flexibility index (Phi) is 18.8. The van der Waals surface area contributed by atoms with Crippen LogP contribution in [0.15, 0.2) is 178 Å². The first-order valence-corrected chi connectivity index (χ1v) is 35.6. The van der Waals surface area contributed by atoms with Crippen LogP contribution in [0.4, 0.5) is 0 Å². The third kappa shape index (κ3) is 13.0. The highest BCUT2D eigenvalue weighted by atomic mass is 32.2. The van der Waals surface area contributed by atoms with Crippen molar-refractivity contribution in [1.29, 1.82) is 0 Å². The number of methoxy groups -OCH3 is 1. The summed E-state index contributed by atoms with van der Waals surface area (Å²) in [6, 6.07) is 37.9. The van der Waals surface area contributed by atoms with Crippen LogP contribution in [-0.4, -0.2) is 158 Å². The van der Waals surface area contributed by atoms with Gasteiger partial charge in [-0.05, 0) is 101 Å². The molecule has 2 aromatic heterocycles. The lowest BCUT2D eigenvalue weighted by Crippen LogP contribution is -2.74. The van der Waals surface area contributed by atoms with Gasteiger partial charge in [0.15, 0.2) is 11.6 Å². The summed E-state index contributed by atoms with van der Waals surface area (Å²) in [6.45, 7) is 2.51. The summed E-state index contributed by atoms with van der Waals surface area (Å²) in [5.41, 5.74) is 3.01. The third-order valence-corrected chi connectivity index (χ3v) is 24.0. The smallest absolute Gasteiger partial charge is 0.352 e. The number of fused-ring (bicyclic) bond motifs is 8. The molecule has 6 aliphatic heterocycles. The van der Waals surface area contributed by atoms with Crippen LogP contribution >= 0.6 is 69.7 Å². The molecule has 0 saturated carbocycles. The Morgan fingerprint density at radius 3 is 1.69 bits per heavy atom. The molecule has 6 aliphatic rings. The number of thiazole rings is 2. The minimum Gasteiger partial charge on any atom is -0.490 e. The number of ketones is 2. The van der Waals surface area contributed by atoms with E-state index in [1.807, 2.05) is 121 Å². The average Bonchev–Trinajstić information content (AvgIpc) is 1.16. The number of nitrogens with zero attached hydrogens (tertiary/aromatic N) is 6. The minimum atomic E-state index is -1.39. The molecule has 2 amide bonds. The maximum Gasteiger partial charge on any atom is 0.352 e. The standard InChI is InChI=1S/C35H31N3O6S3.C34H27N3O7S3/c1-20-18-45-30(36-20)31-37-27-13-10-22-16-25(11-12-26(22)29(27)47-31)44-14-6-9-23-19-46-34-35(43-2,33(42)38(34)28(23)32(40)41)17-24(39)15-21-7-4-3-5-8-21;38-21(13-18-5-2-1-3-6-18)15-24-31(39)37-27(34(42)43)20(16-46-32(24)37)7-4-12-44-22-9-10-23-19(14-22)8-11-25-28(23)47-30(35-25)29-36-26(17-45-29)33(40)41/h3-13,16,20,34H,14-15,17-19H2,1-2H3,(H,40,41);1-11,14,24,26,32H,12-13,15-17H2,(H,40,41)(H,42,43)/b9-6+;7-4+/t20?,34?,35-;/m0./s1.